The number of aryl methyl sites for hydroxylation is 1. The van der Waals surface area contributed by atoms with E-state index in [-0.39, 0.29) is 11.5 Å². The van der Waals surface area contributed by atoms with Gasteiger partial charge in [0.05, 0.1) is 25.0 Å². The molecular weight excluding hydrogens is 238 g/mol. The van der Waals surface area contributed by atoms with Gasteiger partial charge in [-0.2, -0.15) is 5.10 Å². The van der Waals surface area contributed by atoms with Crippen LogP contribution in [0.1, 0.15) is 64.1 Å². The molecule has 0 aromatic carbocycles. The van der Waals surface area contributed by atoms with Crippen LogP contribution >= 0.6 is 0 Å². The first kappa shape index (κ1) is 14.4. The van der Waals surface area contributed by atoms with Gasteiger partial charge in [0.15, 0.2) is 5.75 Å². The molecule has 1 aromatic heterocycles. The molecule has 4 heteroatoms. The van der Waals surface area contributed by atoms with E-state index in [2.05, 4.69) is 18.9 Å². The van der Waals surface area contributed by atoms with Gasteiger partial charge in [-0.3, -0.25) is 4.68 Å². The van der Waals surface area contributed by atoms with E-state index in [0.717, 1.165) is 24.4 Å². The number of nitrogens with zero attached hydrogens (tertiary/aromatic N) is 2. The summed E-state index contributed by atoms with van der Waals surface area (Å²) in [6.45, 7) is 5.38. The molecule has 1 atom stereocenters. The van der Waals surface area contributed by atoms with Crippen molar-refractivity contribution >= 4 is 0 Å². The van der Waals surface area contributed by atoms with Crippen LogP contribution in [0.4, 0.5) is 0 Å². The van der Waals surface area contributed by atoms with Gasteiger partial charge >= 0.3 is 0 Å². The lowest BCUT2D eigenvalue weighted by Crippen LogP contribution is -2.35. The number of nitrogens with two attached hydrogens (primary N) is 1. The second kappa shape index (κ2) is 5.95. The van der Waals surface area contributed by atoms with Gasteiger partial charge < -0.3 is 10.5 Å². The highest BCUT2D eigenvalue weighted by Crippen LogP contribution is 2.46. The summed E-state index contributed by atoms with van der Waals surface area (Å²) in [7, 11) is 1.70. The number of hydrogen-bond donors (Lipinski definition) is 1. The van der Waals surface area contributed by atoms with Crippen molar-refractivity contribution in [3.63, 3.8) is 0 Å². The zero-order valence-electron chi connectivity index (χ0n) is 12.5. The van der Waals surface area contributed by atoms with Crippen molar-refractivity contribution in [2.75, 3.05) is 7.11 Å². The number of ether oxygens (including phenoxy) is 1. The maximum absolute atomic E-state index is 6.62. The van der Waals surface area contributed by atoms with E-state index in [1.54, 1.807) is 13.3 Å². The van der Waals surface area contributed by atoms with Crippen LogP contribution in [-0.4, -0.2) is 16.9 Å². The fourth-order valence-corrected chi connectivity index (χ4v) is 3.24. The summed E-state index contributed by atoms with van der Waals surface area (Å²) in [5.74, 6) is 0.841. The van der Waals surface area contributed by atoms with E-state index in [9.17, 15) is 0 Å². The highest BCUT2D eigenvalue weighted by molar-refractivity contribution is 5.29. The molecule has 0 aliphatic heterocycles. The summed E-state index contributed by atoms with van der Waals surface area (Å²) in [5.41, 5.74) is 7.87. The monoisotopic (exact) mass is 265 g/mol. The number of hydrogen-bond acceptors (Lipinski definition) is 3. The fourth-order valence-electron chi connectivity index (χ4n) is 3.24. The summed E-state index contributed by atoms with van der Waals surface area (Å²) in [4.78, 5) is 0. The summed E-state index contributed by atoms with van der Waals surface area (Å²) in [5, 5.41) is 4.44. The van der Waals surface area contributed by atoms with E-state index in [1.165, 1.54) is 32.1 Å². The molecule has 1 heterocycles. The van der Waals surface area contributed by atoms with E-state index in [1.807, 2.05) is 4.68 Å². The van der Waals surface area contributed by atoms with Crippen molar-refractivity contribution in [2.45, 2.75) is 65.0 Å². The molecule has 1 fully saturated rings. The molecule has 4 nitrogen and oxygen atoms in total. The minimum atomic E-state index is 0.0109. The van der Waals surface area contributed by atoms with E-state index in [0.29, 0.717) is 0 Å². The standard InChI is InChI=1S/C15H27N3O/c1-4-10-18-13(12(19-3)11-17-18)14(16)15(2)8-6-5-7-9-15/h11,14H,4-10,16H2,1-3H3. The lowest BCUT2D eigenvalue weighted by molar-refractivity contribution is 0.161. The maximum Gasteiger partial charge on any atom is 0.161 e. The summed E-state index contributed by atoms with van der Waals surface area (Å²) >= 11 is 0. The van der Waals surface area contributed by atoms with Gasteiger partial charge in [0, 0.05) is 6.54 Å². The van der Waals surface area contributed by atoms with Crippen LogP contribution in [0.15, 0.2) is 6.20 Å². The third kappa shape index (κ3) is 2.78. The maximum atomic E-state index is 6.62. The smallest absolute Gasteiger partial charge is 0.161 e. The van der Waals surface area contributed by atoms with Crippen molar-refractivity contribution in [3.8, 4) is 5.75 Å². The Kier molecular flexibility index (Phi) is 4.50. The Bertz CT molecular complexity index is 408. The quantitative estimate of drug-likeness (QED) is 0.889. The van der Waals surface area contributed by atoms with Gasteiger partial charge in [-0.1, -0.05) is 33.1 Å². The molecule has 1 aliphatic rings. The molecule has 2 rings (SSSR count). The molecule has 108 valence electrons. The Balaban J connectivity index is 2.30. The molecular formula is C15H27N3O. The number of rotatable bonds is 5. The predicted molar refractivity (Wildman–Crippen MR) is 77.2 cm³/mol. The summed E-state index contributed by atoms with van der Waals surface area (Å²) in [6.07, 6.45) is 9.18. The van der Waals surface area contributed by atoms with Gasteiger partial charge in [0.25, 0.3) is 0 Å². The lowest BCUT2D eigenvalue weighted by atomic mass is 9.70. The van der Waals surface area contributed by atoms with Gasteiger partial charge in [-0.05, 0) is 24.7 Å². The Morgan fingerprint density at radius 3 is 2.68 bits per heavy atom. The van der Waals surface area contributed by atoms with Gasteiger partial charge in [0.1, 0.15) is 0 Å². The first-order valence-electron chi connectivity index (χ1n) is 7.47. The van der Waals surface area contributed by atoms with Crippen LogP contribution in [0.25, 0.3) is 0 Å². The van der Waals surface area contributed by atoms with Crippen molar-refractivity contribution in [1.29, 1.82) is 0 Å². The molecule has 0 radical (unpaired) electrons. The third-order valence-electron chi connectivity index (χ3n) is 4.54. The zero-order chi connectivity index (χ0) is 13.9. The molecule has 2 N–H and O–H groups in total. The third-order valence-corrected chi connectivity index (χ3v) is 4.54. The minimum Gasteiger partial charge on any atom is -0.493 e. The largest absolute Gasteiger partial charge is 0.493 e. The Morgan fingerprint density at radius 1 is 1.42 bits per heavy atom. The van der Waals surface area contributed by atoms with Gasteiger partial charge in [-0.25, -0.2) is 0 Å². The average molecular weight is 265 g/mol. The molecule has 0 saturated heterocycles. The van der Waals surface area contributed by atoms with Crippen molar-refractivity contribution in [3.05, 3.63) is 11.9 Å². The first-order valence-corrected chi connectivity index (χ1v) is 7.47. The molecule has 0 amide bonds. The van der Waals surface area contributed by atoms with E-state index in [4.69, 9.17) is 10.5 Å². The van der Waals surface area contributed by atoms with Crippen molar-refractivity contribution < 1.29 is 4.74 Å². The van der Waals surface area contributed by atoms with Crippen LogP contribution in [0, 0.1) is 5.41 Å². The second-order valence-electron chi connectivity index (χ2n) is 6.01. The fraction of sp³-hybridized carbons (Fsp3) is 0.800. The van der Waals surface area contributed by atoms with E-state index >= 15 is 0 Å². The summed E-state index contributed by atoms with van der Waals surface area (Å²) < 4.78 is 7.50. The predicted octanol–water partition coefficient (Wildman–Crippen LogP) is 3.27. The van der Waals surface area contributed by atoms with Crippen LogP contribution in [0.3, 0.4) is 0 Å². The summed E-state index contributed by atoms with van der Waals surface area (Å²) in [6, 6.07) is 0.0109. The topological polar surface area (TPSA) is 53.1 Å². The Morgan fingerprint density at radius 2 is 2.11 bits per heavy atom. The average Bonchev–Trinajstić information content (AvgIpc) is 2.82. The molecule has 1 unspecified atom stereocenters. The second-order valence-corrected chi connectivity index (χ2v) is 6.01. The lowest BCUT2D eigenvalue weighted by Gasteiger charge is -2.39. The molecule has 1 aromatic rings. The zero-order valence-corrected chi connectivity index (χ0v) is 12.5. The number of aromatic nitrogens is 2. The van der Waals surface area contributed by atoms with E-state index < -0.39 is 0 Å². The molecule has 0 bridgehead atoms. The Labute approximate surface area is 116 Å². The van der Waals surface area contributed by atoms with Crippen LogP contribution in [0.5, 0.6) is 5.75 Å². The van der Waals surface area contributed by atoms with Crippen molar-refractivity contribution in [1.82, 2.24) is 9.78 Å². The van der Waals surface area contributed by atoms with Crippen LogP contribution in [-0.2, 0) is 6.54 Å². The van der Waals surface area contributed by atoms with Crippen LogP contribution in [0.2, 0.25) is 0 Å². The molecule has 1 saturated carbocycles. The van der Waals surface area contributed by atoms with Crippen LogP contribution < -0.4 is 10.5 Å². The van der Waals surface area contributed by atoms with Gasteiger partial charge in [-0.15, -0.1) is 0 Å². The molecule has 0 spiro atoms. The normalized spacial score (nSPS) is 20.2. The minimum absolute atomic E-state index is 0.0109. The molecule has 1 aliphatic carbocycles. The van der Waals surface area contributed by atoms with Gasteiger partial charge in [0.2, 0.25) is 0 Å². The highest BCUT2D eigenvalue weighted by atomic mass is 16.5. The SMILES string of the molecule is CCCn1ncc(OC)c1C(N)C1(C)CCCCC1. The Hall–Kier alpha value is -1.03. The van der Waals surface area contributed by atoms with Crippen molar-refractivity contribution in [2.24, 2.45) is 11.1 Å². The molecule has 19 heavy (non-hydrogen) atoms. The number of methoxy groups -OCH3 is 1. The highest BCUT2D eigenvalue weighted by Gasteiger charge is 2.37. The first-order chi connectivity index (χ1) is 9.12.